The van der Waals surface area contributed by atoms with Crippen molar-refractivity contribution in [2.75, 3.05) is 0 Å². The number of hydrogen-bond acceptors (Lipinski definition) is 0. The summed E-state index contributed by atoms with van der Waals surface area (Å²) in [6.45, 7) is 0. The molecule has 1 aromatic carbocycles. The van der Waals surface area contributed by atoms with Gasteiger partial charge in [0.2, 0.25) is 5.82 Å². The molecular weight excluding hydrogens is 263 g/mol. The summed E-state index contributed by atoms with van der Waals surface area (Å²) in [4.78, 5) is 0. The molecule has 0 N–H and O–H groups in total. The van der Waals surface area contributed by atoms with E-state index in [1.165, 1.54) is 0 Å². The van der Waals surface area contributed by atoms with E-state index in [1.54, 1.807) is 0 Å². The molecule has 0 nitrogen and oxygen atoms in total. The highest BCUT2D eigenvalue weighted by molar-refractivity contribution is 5.26. The molecule has 2 bridgehead atoms. The lowest BCUT2D eigenvalue weighted by Crippen LogP contribution is -2.15. The summed E-state index contributed by atoms with van der Waals surface area (Å²) in [6.07, 6.45) is 5.60. The SMILES string of the molecule is Fc1c(F)c(F)c(CC2CC3C=CC2C3)c(F)c1F. The predicted molar refractivity (Wildman–Crippen MR) is 58.8 cm³/mol. The van der Waals surface area contributed by atoms with Crippen LogP contribution < -0.4 is 0 Å². The van der Waals surface area contributed by atoms with E-state index in [4.69, 9.17) is 0 Å². The van der Waals surface area contributed by atoms with Crippen molar-refractivity contribution in [1.82, 2.24) is 0 Å². The standard InChI is InChI=1S/C14H11F5/c15-10-9(11(16)13(18)14(19)12(10)17)5-8-4-6-1-2-7(8)3-6/h1-2,6-8H,3-5H2. The van der Waals surface area contributed by atoms with Gasteiger partial charge in [-0.25, -0.2) is 22.0 Å². The van der Waals surface area contributed by atoms with Gasteiger partial charge in [-0.1, -0.05) is 12.2 Å². The molecule has 0 aliphatic heterocycles. The van der Waals surface area contributed by atoms with Crippen LogP contribution in [0, 0.1) is 46.8 Å². The van der Waals surface area contributed by atoms with Gasteiger partial charge in [0.1, 0.15) is 0 Å². The third kappa shape index (κ3) is 1.86. The van der Waals surface area contributed by atoms with Crippen LogP contribution in [0.25, 0.3) is 0 Å². The second kappa shape index (κ2) is 4.32. The number of hydrogen-bond donors (Lipinski definition) is 0. The molecule has 0 amide bonds. The molecule has 3 rings (SSSR count). The summed E-state index contributed by atoms with van der Waals surface area (Å²) in [7, 11) is 0. The summed E-state index contributed by atoms with van der Waals surface area (Å²) in [5, 5.41) is 0. The van der Waals surface area contributed by atoms with Gasteiger partial charge >= 0.3 is 0 Å². The average molecular weight is 274 g/mol. The molecule has 0 aromatic heterocycles. The quantitative estimate of drug-likeness (QED) is 0.329. The van der Waals surface area contributed by atoms with Crippen molar-refractivity contribution in [3.63, 3.8) is 0 Å². The highest BCUT2D eigenvalue weighted by atomic mass is 19.2. The van der Waals surface area contributed by atoms with Crippen LogP contribution in [0.5, 0.6) is 0 Å². The van der Waals surface area contributed by atoms with Crippen molar-refractivity contribution >= 4 is 0 Å². The Kier molecular flexibility index (Phi) is 2.87. The molecular formula is C14H11F5. The Morgan fingerprint density at radius 2 is 1.37 bits per heavy atom. The number of fused-ring (bicyclic) bond motifs is 2. The first-order valence-electron chi connectivity index (χ1n) is 6.17. The third-order valence-corrected chi connectivity index (χ3v) is 4.18. The molecule has 3 unspecified atom stereocenters. The molecule has 0 heterocycles. The van der Waals surface area contributed by atoms with Gasteiger partial charge in [0.25, 0.3) is 0 Å². The Hall–Kier alpha value is -1.39. The largest absolute Gasteiger partial charge is 0.203 e. The Labute approximate surface area is 106 Å². The summed E-state index contributed by atoms with van der Waals surface area (Å²) in [5.41, 5.74) is -0.678. The van der Waals surface area contributed by atoms with Crippen LogP contribution in [0.3, 0.4) is 0 Å². The Balaban J connectivity index is 1.95. The highest BCUT2D eigenvalue weighted by Crippen LogP contribution is 2.45. The lowest BCUT2D eigenvalue weighted by atomic mass is 9.87. The minimum Gasteiger partial charge on any atom is -0.203 e. The molecule has 0 saturated heterocycles. The maximum absolute atomic E-state index is 13.6. The first kappa shape index (κ1) is 12.6. The normalized spacial score (nSPS) is 28.4. The lowest BCUT2D eigenvalue weighted by molar-refractivity contribution is 0.355. The average Bonchev–Trinajstić information content (AvgIpc) is 3.01. The zero-order valence-corrected chi connectivity index (χ0v) is 9.90. The first-order chi connectivity index (χ1) is 8.99. The van der Waals surface area contributed by atoms with Crippen LogP contribution in [0.4, 0.5) is 22.0 Å². The summed E-state index contributed by atoms with van der Waals surface area (Å²) < 4.78 is 66.2. The van der Waals surface area contributed by atoms with Gasteiger partial charge in [-0.05, 0) is 37.0 Å². The molecule has 2 aliphatic carbocycles. The maximum atomic E-state index is 13.6. The van der Waals surface area contributed by atoms with E-state index < -0.39 is 34.6 Å². The van der Waals surface area contributed by atoms with Crippen LogP contribution >= 0.6 is 0 Å². The second-order valence-corrected chi connectivity index (χ2v) is 5.29. The zero-order chi connectivity index (χ0) is 13.7. The molecule has 102 valence electrons. The molecule has 2 aliphatic rings. The van der Waals surface area contributed by atoms with E-state index in [1.807, 2.05) is 6.08 Å². The van der Waals surface area contributed by atoms with Gasteiger partial charge in [-0.2, -0.15) is 0 Å². The van der Waals surface area contributed by atoms with E-state index in [0.717, 1.165) is 12.8 Å². The van der Waals surface area contributed by atoms with Crippen molar-refractivity contribution in [2.45, 2.75) is 19.3 Å². The highest BCUT2D eigenvalue weighted by Gasteiger charge is 2.37. The van der Waals surface area contributed by atoms with Gasteiger partial charge in [0, 0.05) is 5.56 Å². The van der Waals surface area contributed by atoms with Gasteiger partial charge in [0.05, 0.1) is 0 Å². The number of rotatable bonds is 2. The fourth-order valence-corrected chi connectivity index (χ4v) is 3.22. The van der Waals surface area contributed by atoms with Crippen LogP contribution in [0.15, 0.2) is 12.2 Å². The molecule has 0 spiro atoms. The van der Waals surface area contributed by atoms with E-state index >= 15 is 0 Å². The summed E-state index contributed by atoms with van der Waals surface area (Å²) >= 11 is 0. The van der Waals surface area contributed by atoms with E-state index in [0.29, 0.717) is 5.92 Å². The lowest BCUT2D eigenvalue weighted by Gasteiger charge is -2.19. The molecule has 19 heavy (non-hydrogen) atoms. The van der Waals surface area contributed by atoms with Crippen LogP contribution in [-0.4, -0.2) is 0 Å². The van der Waals surface area contributed by atoms with Gasteiger partial charge < -0.3 is 0 Å². The van der Waals surface area contributed by atoms with Gasteiger partial charge in [-0.3, -0.25) is 0 Å². The van der Waals surface area contributed by atoms with Gasteiger partial charge in [-0.15, -0.1) is 0 Å². The molecule has 1 fully saturated rings. The molecule has 5 heteroatoms. The fraction of sp³-hybridized carbons (Fsp3) is 0.429. The number of halogens is 5. The van der Waals surface area contributed by atoms with E-state index in [9.17, 15) is 22.0 Å². The summed E-state index contributed by atoms with van der Waals surface area (Å²) in [5.74, 6) is -8.64. The van der Waals surface area contributed by atoms with Crippen LogP contribution in [-0.2, 0) is 6.42 Å². The van der Waals surface area contributed by atoms with Crippen LogP contribution in [0.2, 0.25) is 0 Å². The number of allylic oxidation sites excluding steroid dienone is 2. The van der Waals surface area contributed by atoms with Crippen molar-refractivity contribution in [3.8, 4) is 0 Å². The van der Waals surface area contributed by atoms with Crippen LogP contribution in [0.1, 0.15) is 18.4 Å². The topological polar surface area (TPSA) is 0 Å². The second-order valence-electron chi connectivity index (χ2n) is 5.29. The maximum Gasteiger partial charge on any atom is 0.200 e. The van der Waals surface area contributed by atoms with E-state index in [-0.39, 0.29) is 18.3 Å². The smallest absolute Gasteiger partial charge is 0.200 e. The molecule has 3 atom stereocenters. The van der Waals surface area contributed by atoms with E-state index in [2.05, 4.69) is 6.08 Å². The van der Waals surface area contributed by atoms with Crippen molar-refractivity contribution in [2.24, 2.45) is 17.8 Å². The first-order valence-corrected chi connectivity index (χ1v) is 6.17. The molecule has 0 radical (unpaired) electrons. The fourth-order valence-electron chi connectivity index (χ4n) is 3.22. The van der Waals surface area contributed by atoms with Crippen molar-refractivity contribution in [1.29, 1.82) is 0 Å². The minimum absolute atomic E-state index is 0.0386. The Bertz CT molecular complexity index is 534. The van der Waals surface area contributed by atoms with Crippen molar-refractivity contribution < 1.29 is 22.0 Å². The molecule has 1 saturated carbocycles. The molecule has 1 aromatic rings. The monoisotopic (exact) mass is 274 g/mol. The third-order valence-electron chi connectivity index (χ3n) is 4.18. The van der Waals surface area contributed by atoms with Gasteiger partial charge in [0.15, 0.2) is 23.3 Å². The minimum atomic E-state index is -2.09. The number of benzene rings is 1. The predicted octanol–water partition coefficient (Wildman–Crippen LogP) is 4.14. The zero-order valence-electron chi connectivity index (χ0n) is 9.90. The Morgan fingerprint density at radius 1 is 0.789 bits per heavy atom. The Morgan fingerprint density at radius 3 is 1.84 bits per heavy atom. The van der Waals surface area contributed by atoms with Crippen molar-refractivity contribution in [3.05, 3.63) is 46.8 Å². The summed E-state index contributed by atoms with van der Waals surface area (Å²) in [6, 6.07) is 0.